The van der Waals surface area contributed by atoms with Crippen LogP contribution in [0.2, 0.25) is 0 Å². The Balaban J connectivity index is 1.41. The molecule has 10 heteroatoms. The highest BCUT2D eigenvalue weighted by molar-refractivity contribution is 5.78. The van der Waals surface area contributed by atoms with E-state index < -0.39 is 0 Å². The van der Waals surface area contributed by atoms with Gasteiger partial charge in [0.2, 0.25) is 5.88 Å². The molecule has 5 aromatic rings. The van der Waals surface area contributed by atoms with Crippen LogP contribution in [0.5, 0.6) is 28.9 Å². The number of ether oxygens (including phenoxy) is 3. The number of phenolic OH excluding ortho intramolecular Hbond substituents is 1. The minimum Gasteiger partial charge on any atom is -0.508 e. The van der Waals surface area contributed by atoms with Crippen LogP contribution in [0.15, 0.2) is 78.2 Å². The number of hydrogen-bond acceptors (Lipinski definition) is 9. The number of aromatic hydroxyl groups is 1. The average Bonchev–Trinajstić information content (AvgIpc) is 3.37. The summed E-state index contributed by atoms with van der Waals surface area (Å²) in [6, 6.07) is 20.4. The second-order valence-electron chi connectivity index (χ2n) is 8.55. The van der Waals surface area contributed by atoms with Crippen LogP contribution in [-0.4, -0.2) is 45.1 Å². The summed E-state index contributed by atoms with van der Waals surface area (Å²) in [4.78, 5) is 14.7. The highest BCUT2D eigenvalue weighted by atomic mass is 16.6. The Bertz CT molecular complexity index is 1650. The van der Waals surface area contributed by atoms with Crippen molar-refractivity contribution in [1.29, 1.82) is 0 Å². The zero-order valence-corrected chi connectivity index (χ0v) is 20.6. The maximum absolute atomic E-state index is 10.1. The molecule has 1 atom stereocenters. The fourth-order valence-electron chi connectivity index (χ4n) is 4.52. The first-order valence-corrected chi connectivity index (χ1v) is 11.8. The van der Waals surface area contributed by atoms with E-state index in [1.54, 1.807) is 37.1 Å². The van der Waals surface area contributed by atoms with Crippen molar-refractivity contribution < 1.29 is 24.2 Å². The van der Waals surface area contributed by atoms with Gasteiger partial charge >= 0.3 is 0 Å². The maximum Gasteiger partial charge on any atom is 0.228 e. The molecule has 1 unspecified atom stereocenters. The van der Waals surface area contributed by atoms with Gasteiger partial charge in [0.1, 0.15) is 17.8 Å². The summed E-state index contributed by atoms with van der Waals surface area (Å²) in [5, 5.41) is 18.7. The van der Waals surface area contributed by atoms with E-state index in [4.69, 9.17) is 24.0 Å². The minimum absolute atomic E-state index is 0.0755. The van der Waals surface area contributed by atoms with Gasteiger partial charge in [-0.1, -0.05) is 47.6 Å². The number of rotatable bonds is 7. The smallest absolute Gasteiger partial charge is 0.228 e. The fraction of sp³-hybridized carbons (Fsp3) is 0.143. The molecular weight excluding hydrogens is 486 g/mol. The molecule has 0 radical (unpaired) electrons. The number of benzene rings is 3. The van der Waals surface area contributed by atoms with Crippen LogP contribution in [0.4, 0.5) is 0 Å². The monoisotopic (exact) mass is 509 g/mol. The van der Waals surface area contributed by atoms with Gasteiger partial charge in [0.05, 0.1) is 26.0 Å². The van der Waals surface area contributed by atoms with Gasteiger partial charge < -0.3 is 24.2 Å². The second-order valence-corrected chi connectivity index (χ2v) is 8.55. The lowest BCUT2D eigenvalue weighted by Gasteiger charge is -2.28. The van der Waals surface area contributed by atoms with Crippen molar-refractivity contribution in [2.24, 2.45) is 5.16 Å². The molecule has 0 fully saturated rings. The molecule has 0 spiro atoms. The third-order valence-corrected chi connectivity index (χ3v) is 6.24. The Labute approximate surface area is 217 Å². The first kappa shape index (κ1) is 23.3. The third-order valence-electron chi connectivity index (χ3n) is 6.24. The second kappa shape index (κ2) is 9.74. The summed E-state index contributed by atoms with van der Waals surface area (Å²) in [7, 11) is 3.19. The van der Waals surface area contributed by atoms with Crippen molar-refractivity contribution in [2.75, 3.05) is 14.2 Å². The minimum atomic E-state index is -0.334. The van der Waals surface area contributed by atoms with E-state index in [2.05, 4.69) is 15.2 Å². The van der Waals surface area contributed by atoms with Gasteiger partial charge in [-0.2, -0.15) is 0 Å². The summed E-state index contributed by atoms with van der Waals surface area (Å²) in [6.45, 7) is 0.0755. The molecule has 190 valence electrons. The number of nitrogens with zero attached hydrogens (tertiary/aromatic N) is 5. The molecule has 0 saturated carbocycles. The quantitative estimate of drug-likeness (QED) is 0.244. The van der Waals surface area contributed by atoms with Gasteiger partial charge in [0.15, 0.2) is 29.6 Å². The summed E-state index contributed by atoms with van der Waals surface area (Å²) in [6.07, 6.45) is 3.17. The summed E-state index contributed by atoms with van der Waals surface area (Å²) in [5.41, 5.74) is 3.96. The normalized spacial score (nSPS) is 14.1. The number of hydrogen-bond donors (Lipinski definition) is 1. The molecule has 0 bridgehead atoms. The van der Waals surface area contributed by atoms with Crippen LogP contribution >= 0.6 is 0 Å². The van der Waals surface area contributed by atoms with Crippen molar-refractivity contribution in [3.05, 3.63) is 101 Å². The Morgan fingerprint density at radius 3 is 2.68 bits per heavy atom. The number of oxime groups is 1. The molecule has 3 aromatic carbocycles. The standard InChI is InChI=1S/C28H23N5O5/c1-35-21-11-8-18(12-23(21)36-2)25-20-10-9-19(34)13-22(20)38-28-26(25)27-31-24(32-33(27)16-29-28)15-37-30-14-17-6-4-3-5-7-17/h3-14,16,25,34H,15H2,1-2H3/b30-14+. The van der Waals surface area contributed by atoms with Gasteiger partial charge in [0, 0.05) is 17.5 Å². The topological polar surface area (TPSA) is 113 Å². The largest absolute Gasteiger partial charge is 0.508 e. The fourth-order valence-corrected chi connectivity index (χ4v) is 4.52. The predicted octanol–water partition coefficient (Wildman–Crippen LogP) is 4.68. The molecule has 0 aliphatic carbocycles. The van der Waals surface area contributed by atoms with Crippen molar-refractivity contribution in [3.63, 3.8) is 0 Å². The molecule has 1 aliphatic heterocycles. The zero-order valence-electron chi connectivity index (χ0n) is 20.6. The summed E-state index contributed by atoms with van der Waals surface area (Å²) in [5.74, 6) is 2.28. The Kier molecular flexibility index (Phi) is 5.97. The highest BCUT2D eigenvalue weighted by Gasteiger charge is 2.34. The molecule has 1 N–H and O–H groups in total. The Morgan fingerprint density at radius 1 is 1.03 bits per heavy atom. The summed E-state index contributed by atoms with van der Waals surface area (Å²) >= 11 is 0. The Morgan fingerprint density at radius 2 is 1.87 bits per heavy atom. The van der Waals surface area contributed by atoms with E-state index in [1.165, 1.54) is 6.33 Å². The van der Waals surface area contributed by atoms with E-state index in [0.29, 0.717) is 34.6 Å². The van der Waals surface area contributed by atoms with Crippen LogP contribution in [-0.2, 0) is 11.4 Å². The van der Waals surface area contributed by atoms with E-state index >= 15 is 0 Å². The molecule has 6 rings (SSSR count). The molecule has 2 aromatic heterocycles. The van der Waals surface area contributed by atoms with Crippen LogP contribution in [0.1, 0.15) is 34.0 Å². The molecular formula is C28H23N5O5. The van der Waals surface area contributed by atoms with Gasteiger partial charge in [-0.05, 0) is 29.3 Å². The molecule has 38 heavy (non-hydrogen) atoms. The van der Waals surface area contributed by atoms with Crippen LogP contribution in [0.3, 0.4) is 0 Å². The van der Waals surface area contributed by atoms with Gasteiger partial charge in [0.25, 0.3) is 0 Å². The first-order valence-electron chi connectivity index (χ1n) is 11.8. The number of methoxy groups -OCH3 is 2. The SMILES string of the molecule is COc1ccc(C2c3ccc(O)cc3Oc3ncn4nc(CO/N=C/c5ccccc5)nc4c32)cc1OC. The summed E-state index contributed by atoms with van der Waals surface area (Å²) < 4.78 is 18.7. The number of fused-ring (bicyclic) bond motifs is 4. The van der Waals surface area contributed by atoms with Crippen molar-refractivity contribution in [2.45, 2.75) is 12.5 Å². The molecule has 3 heterocycles. The van der Waals surface area contributed by atoms with Crippen molar-refractivity contribution in [1.82, 2.24) is 19.6 Å². The number of aromatic nitrogens is 4. The van der Waals surface area contributed by atoms with Crippen LogP contribution in [0, 0.1) is 0 Å². The predicted molar refractivity (Wildman–Crippen MR) is 138 cm³/mol. The lowest BCUT2D eigenvalue weighted by atomic mass is 9.83. The van der Waals surface area contributed by atoms with Crippen LogP contribution in [0.25, 0.3) is 5.65 Å². The molecule has 10 nitrogen and oxygen atoms in total. The maximum atomic E-state index is 10.1. The lowest BCUT2D eigenvalue weighted by Crippen LogP contribution is -2.15. The van der Waals surface area contributed by atoms with Gasteiger partial charge in [-0.15, -0.1) is 5.10 Å². The van der Waals surface area contributed by atoms with Gasteiger partial charge in [-0.3, -0.25) is 0 Å². The van der Waals surface area contributed by atoms with E-state index in [1.807, 2.05) is 54.6 Å². The zero-order chi connectivity index (χ0) is 26.1. The molecule has 0 saturated heterocycles. The average molecular weight is 510 g/mol. The molecule has 1 aliphatic rings. The highest BCUT2D eigenvalue weighted by Crippen LogP contribution is 2.49. The van der Waals surface area contributed by atoms with E-state index in [0.717, 1.165) is 22.3 Å². The van der Waals surface area contributed by atoms with E-state index in [-0.39, 0.29) is 18.3 Å². The Hall–Kier alpha value is -5.12. The van der Waals surface area contributed by atoms with E-state index in [9.17, 15) is 5.11 Å². The molecule has 0 amide bonds. The van der Waals surface area contributed by atoms with Gasteiger partial charge in [-0.25, -0.2) is 14.5 Å². The van der Waals surface area contributed by atoms with Crippen molar-refractivity contribution in [3.8, 4) is 28.9 Å². The lowest BCUT2D eigenvalue weighted by molar-refractivity contribution is 0.126. The number of phenols is 1. The first-order chi connectivity index (χ1) is 18.6. The van der Waals surface area contributed by atoms with Crippen LogP contribution < -0.4 is 14.2 Å². The third kappa shape index (κ3) is 4.21. The van der Waals surface area contributed by atoms with Crippen molar-refractivity contribution >= 4 is 11.9 Å².